The smallest absolute Gasteiger partial charge is 0.424 e. The van der Waals surface area contributed by atoms with Gasteiger partial charge in [-0.3, -0.25) is 9.59 Å². The van der Waals surface area contributed by atoms with Crippen LogP contribution in [0, 0.1) is 0 Å². The molecule has 0 saturated heterocycles. The van der Waals surface area contributed by atoms with Gasteiger partial charge in [0, 0.05) is 5.56 Å². The van der Waals surface area contributed by atoms with Crippen molar-refractivity contribution in [3.8, 4) is 17.2 Å². The number of amides is 2. The summed E-state index contributed by atoms with van der Waals surface area (Å²) in [6.07, 6.45) is -5.16. The Morgan fingerprint density at radius 2 is 1.75 bits per heavy atom. The van der Waals surface area contributed by atoms with Crippen LogP contribution in [-0.4, -0.2) is 55.5 Å². The molecule has 1 atom stereocenters. The van der Waals surface area contributed by atoms with Gasteiger partial charge in [-0.25, -0.2) is 4.98 Å². The number of aliphatic hydroxyl groups is 1. The van der Waals surface area contributed by atoms with E-state index in [9.17, 15) is 27.9 Å². The first-order valence-electron chi connectivity index (χ1n) is 8.80. The predicted molar refractivity (Wildman–Crippen MR) is 108 cm³/mol. The first kappa shape index (κ1) is 25.2. The van der Waals surface area contributed by atoms with E-state index < -0.39 is 42.4 Å². The van der Waals surface area contributed by atoms with Crippen LogP contribution >= 0.6 is 15.9 Å². The van der Waals surface area contributed by atoms with E-state index in [1.165, 1.54) is 38.5 Å². The number of aromatic nitrogens is 1. The van der Waals surface area contributed by atoms with Crippen LogP contribution in [0.1, 0.15) is 16.1 Å². The Kier molecular flexibility index (Phi) is 7.91. The van der Waals surface area contributed by atoms with E-state index in [0.717, 1.165) is 6.07 Å². The summed E-state index contributed by atoms with van der Waals surface area (Å²) in [5.41, 5.74) is 0.693. The molecule has 13 heteroatoms. The standard InChI is InChI=1S/C19H19BrF3N3O6/c1-30-12-5-6-14(26-16(12)20)18(29,19(21,22)23)9-25-17(28)10-3-4-11(13(7-10)31-2)32-8-15(24)27/h3-7,29H,8-9H2,1-2H3,(H2,24,27)(H,25,28). The lowest BCUT2D eigenvalue weighted by atomic mass is 9.97. The maximum Gasteiger partial charge on any atom is 0.424 e. The highest BCUT2D eigenvalue weighted by Gasteiger charge is 2.56. The fraction of sp³-hybridized carbons (Fsp3) is 0.316. The van der Waals surface area contributed by atoms with Gasteiger partial charge >= 0.3 is 6.18 Å². The molecule has 1 unspecified atom stereocenters. The Morgan fingerprint density at radius 1 is 1.12 bits per heavy atom. The van der Waals surface area contributed by atoms with Crippen molar-refractivity contribution in [2.24, 2.45) is 5.73 Å². The molecule has 174 valence electrons. The number of pyridine rings is 1. The largest absolute Gasteiger partial charge is 0.494 e. The third-order valence-electron chi connectivity index (χ3n) is 4.23. The lowest BCUT2D eigenvalue weighted by Gasteiger charge is -2.30. The van der Waals surface area contributed by atoms with Crippen molar-refractivity contribution in [2.75, 3.05) is 27.4 Å². The topological polar surface area (TPSA) is 133 Å². The number of nitrogens with one attached hydrogen (secondary N) is 1. The Morgan fingerprint density at radius 3 is 2.28 bits per heavy atom. The van der Waals surface area contributed by atoms with Crippen molar-refractivity contribution in [1.82, 2.24) is 10.3 Å². The molecule has 1 heterocycles. The van der Waals surface area contributed by atoms with Crippen molar-refractivity contribution < 1.29 is 42.1 Å². The molecule has 4 N–H and O–H groups in total. The number of halogens is 4. The van der Waals surface area contributed by atoms with Gasteiger partial charge in [-0.1, -0.05) is 0 Å². The maximum absolute atomic E-state index is 13.7. The number of carbonyl (C=O) groups is 2. The Hall–Kier alpha value is -3.06. The third kappa shape index (κ3) is 5.59. The van der Waals surface area contributed by atoms with Gasteiger partial charge in [0.15, 0.2) is 23.9 Å². The van der Waals surface area contributed by atoms with E-state index >= 15 is 0 Å². The summed E-state index contributed by atoms with van der Waals surface area (Å²) in [4.78, 5) is 27.0. The molecule has 1 aromatic heterocycles. The van der Waals surface area contributed by atoms with E-state index in [2.05, 4.69) is 20.9 Å². The van der Waals surface area contributed by atoms with Crippen LogP contribution in [0.25, 0.3) is 0 Å². The Balaban J connectivity index is 2.26. The fourth-order valence-corrected chi connectivity index (χ4v) is 3.01. The second-order valence-electron chi connectivity index (χ2n) is 6.35. The van der Waals surface area contributed by atoms with Gasteiger partial charge < -0.3 is 30.4 Å². The SMILES string of the molecule is COc1cc(C(=O)NCC(O)(c2ccc(OC)c(Br)n2)C(F)(F)F)ccc1OCC(N)=O. The number of rotatable bonds is 9. The Bertz CT molecular complexity index is 1000. The molecule has 0 aliphatic rings. The van der Waals surface area contributed by atoms with Crippen LogP contribution in [0.2, 0.25) is 0 Å². The molecule has 0 saturated carbocycles. The molecule has 0 bridgehead atoms. The van der Waals surface area contributed by atoms with Gasteiger partial charge in [-0.05, 0) is 46.3 Å². The van der Waals surface area contributed by atoms with Gasteiger partial charge in [0.25, 0.3) is 11.8 Å². The van der Waals surface area contributed by atoms with Crippen molar-refractivity contribution in [1.29, 1.82) is 0 Å². The van der Waals surface area contributed by atoms with Crippen LogP contribution in [0.4, 0.5) is 13.2 Å². The monoisotopic (exact) mass is 521 g/mol. The molecule has 0 radical (unpaired) electrons. The summed E-state index contributed by atoms with van der Waals surface area (Å²) >= 11 is 2.97. The Labute approximate surface area is 188 Å². The molecule has 0 aliphatic heterocycles. The first-order valence-corrected chi connectivity index (χ1v) is 9.59. The number of alkyl halides is 3. The second-order valence-corrected chi connectivity index (χ2v) is 7.10. The van der Waals surface area contributed by atoms with Gasteiger partial charge in [-0.2, -0.15) is 13.2 Å². The average molecular weight is 522 g/mol. The number of hydrogen-bond donors (Lipinski definition) is 3. The van der Waals surface area contributed by atoms with Gasteiger partial charge in [0.05, 0.1) is 26.5 Å². The van der Waals surface area contributed by atoms with Gasteiger partial charge in [-0.15, -0.1) is 0 Å². The van der Waals surface area contributed by atoms with Crippen LogP contribution in [0.15, 0.2) is 34.9 Å². The number of nitrogens with zero attached hydrogens (tertiary/aromatic N) is 1. The normalized spacial score (nSPS) is 13.1. The molecular weight excluding hydrogens is 503 g/mol. The summed E-state index contributed by atoms with van der Waals surface area (Å²) in [6, 6.07) is 5.86. The molecule has 32 heavy (non-hydrogen) atoms. The molecule has 9 nitrogen and oxygen atoms in total. The highest BCUT2D eigenvalue weighted by molar-refractivity contribution is 9.10. The highest BCUT2D eigenvalue weighted by Crippen LogP contribution is 2.39. The average Bonchev–Trinajstić information content (AvgIpc) is 2.74. The molecule has 0 aliphatic carbocycles. The number of methoxy groups -OCH3 is 2. The molecule has 0 fully saturated rings. The van der Waals surface area contributed by atoms with Crippen LogP contribution < -0.4 is 25.3 Å². The minimum Gasteiger partial charge on any atom is -0.494 e. The summed E-state index contributed by atoms with van der Waals surface area (Å²) < 4.78 is 56.2. The fourth-order valence-electron chi connectivity index (χ4n) is 2.53. The molecule has 2 aromatic rings. The summed E-state index contributed by atoms with van der Waals surface area (Å²) in [6.45, 7) is -1.66. The van der Waals surface area contributed by atoms with E-state index in [-0.39, 0.29) is 27.4 Å². The number of carbonyl (C=O) groups excluding carboxylic acids is 2. The summed E-state index contributed by atoms with van der Waals surface area (Å²) in [5, 5.41) is 12.5. The molecular formula is C19H19BrF3N3O6. The van der Waals surface area contributed by atoms with Gasteiger partial charge in [0.2, 0.25) is 5.60 Å². The van der Waals surface area contributed by atoms with E-state index in [1.54, 1.807) is 0 Å². The zero-order valence-corrected chi connectivity index (χ0v) is 18.4. The minimum atomic E-state index is -5.16. The van der Waals surface area contributed by atoms with Crippen LogP contribution in [-0.2, 0) is 10.4 Å². The number of benzene rings is 1. The zero-order chi connectivity index (χ0) is 24.1. The van der Waals surface area contributed by atoms with E-state index in [4.69, 9.17) is 19.9 Å². The molecule has 2 rings (SSSR count). The highest BCUT2D eigenvalue weighted by atomic mass is 79.9. The van der Waals surface area contributed by atoms with Crippen molar-refractivity contribution >= 4 is 27.7 Å². The molecule has 1 aromatic carbocycles. The molecule has 0 spiro atoms. The zero-order valence-electron chi connectivity index (χ0n) is 16.8. The number of primary amides is 1. The van der Waals surface area contributed by atoms with E-state index in [0.29, 0.717) is 0 Å². The van der Waals surface area contributed by atoms with E-state index in [1.807, 2.05) is 5.32 Å². The van der Waals surface area contributed by atoms with Crippen molar-refractivity contribution in [3.63, 3.8) is 0 Å². The number of hydrogen-bond acceptors (Lipinski definition) is 7. The third-order valence-corrected chi connectivity index (χ3v) is 4.80. The lowest BCUT2D eigenvalue weighted by molar-refractivity contribution is -0.265. The molecule has 2 amide bonds. The van der Waals surface area contributed by atoms with Gasteiger partial charge in [0.1, 0.15) is 4.60 Å². The van der Waals surface area contributed by atoms with Crippen LogP contribution in [0.5, 0.6) is 17.2 Å². The first-order chi connectivity index (χ1) is 14.9. The van der Waals surface area contributed by atoms with Crippen molar-refractivity contribution in [3.05, 3.63) is 46.2 Å². The minimum absolute atomic E-state index is 0.0470. The lowest BCUT2D eigenvalue weighted by Crippen LogP contribution is -2.51. The summed E-state index contributed by atoms with van der Waals surface area (Å²) in [5.74, 6) is -1.36. The quantitative estimate of drug-likeness (QED) is 0.429. The predicted octanol–water partition coefficient (Wildman–Crippen LogP) is 1.91. The summed E-state index contributed by atoms with van der Waals surface area (Å²) in [7, 11) is 2.57. The number of ether oxygens (including phenoxy) is 3. The van der Waals surface area contributed by atoms with Crippen molar-refractivity contribution in [2.45, 2.75) is 11.8 Å². The second kappa shape index (κ2) is 10.0. The maximum atomic E-state index is 13.7. The number of nitrogens with two attached hydrogens (primary N) is 1. The van der Waals surface area contributed by atoms with Crippen LogP contribution in [0.3, 0.4) is 0 Å².